The molecule has 2 aromatic rings. The molecule has 1 atom stereocenters. The van der Waals surface area contributed by atoms with Crippen LogP contribution in [0.25, 0.3) is 10.2 Å². The molecule has 0 aromatic carbocycles. The molecule has 0 spiro atoms. The molecule has 0 unspecified atom stereocenters. The van der Waals surface area contributed by atoms with E-state index in [2.05, 4.69) is 34.3 Å². The fourth-order valence-electron chi connectivity index (χ4n) is 4.29. The lowest BCUT2D eigenvalue weighted by Crippen LogP contribution is -2.36. The van der Waals surface area contributed by atoms with E-state index >= 15 is 0 Å². The molecule has 4 rings (SSSR count). The van der Waals surface area contributed by atoms with Gasteiger partial charge in [0.1, 0.15) is 17.0 Å². The van der Waals surface area contributed by atoms with Crippen molar-refractivity contribution in [1.29, 1.82) is 0 Å². The van der Waals surface area contributed by atoms with Crippen molar-refractivity contribution in [3.8, 4) is 0 Å². The van der Waals surface area contributed by atoms with Crippen LogP contribution in [0.3, 0.4) is 0 Å². The summed E-state index contributed by atoms with van der Waals surface area (Å²) in [5.74, 6) is 1.23. The van der Waals surface area contributed by atoms with Gasteiger partial charge >= 0.3 is 0 Å². The highest BCUT2D eigenvalue weighted by atomic mass is 32.1. The second-order valence-corrected chi connectivity index (χ2v) is 8.46. The van der Waals surface area contributed by atoms with Gasteiger partial charge in [0.15, 0.2) is 0 Å². The second-order valence-electron chi connectivity index (χ2n) is 7.37. The lowest BCUT2D eigenvalue weighted by molar-refractivity contribution is 0.221. The van der Waals surface area contributed by atoms with Crippen molar-refractivity contribution in [2.24, 2.45) is 0 Å². The van der Waals surface area contributed by atoms with Crippen LogP contribution in [0.1, 0.15) is 48.5 Å². The molecule has 0 radical (unpaired) electrons. The minimum atomic E-state index is 0.223. The smallest absolute Gasteiger partial charge is 0.138 e. The molecule has 2 N–H and O–H groups in total. The van der Waals surface area contributed by atoms with Crippen LogP contribution in [0.2, 0.25) is 0 Å². The number of nitrogens with one attached hydrogen (secondary N) is 1. The Hall–Kier alpha value is -1.24. The molecular formula is C18H26N4OS. The topological polar surface area (TPSA) is 61.3 Å². The maximum atomic E-state index is 9.72. The highest BCUT2D eigenvalue weighted by Crippen LogP contribution is 2.45. The van der Waals surface area contributed by atoms with E-state index in [1.54, 1.807) is 17.7 Å². The average molecular weight is 347 g/mol. The molecule has 1 fully saturated rings. The quantitative estimate of drug-likeness (QED) is 0.891. The first-order chi connectivity index (χ1) is 11.7. The minimum Gasteiger partial charge on any atom is -0.396 e. The van der Waals surface area contributed by atoms with Gasteiger partial charge < -0.3 is 15.3 Å². The minimum absolute atomic E-state index is 0.223. The van der Waals surface area contributed by atoms with Crippen LogP contribution in [0, 0.1) is 0 Å². The van der Waals surface area contributed by atoms with Gasteiger partial charge in [0.25, 0.3) is 0 Å². The molecule has 2 aliphatic carbocycles. The largest absolute Gasteiger partial charge is 0.396 e. The molecule has 2 aliphatic rings. The summed E-state index contributed by atoms with van der Waals surface area (Å²) in [6.45, 7) is 0.223. The van der Waals surface area contributed by atoms with Gasteiger partial charge in [-0.05, 0) is 58.2 Å². The summed E-state index contributed by atoms with van der Waals surface area (Å²) in [5, 5.41) is 14.6. The number of hydrogen-bond acceptors (Lipinski definition) is 6. The number of rotatable bonds is 4. The van der Waals surface area contributed by atoms with Crippen LogP contribution in [0.15, 0.2) is 6.33 Å². The van der Waals surface area contributed by atoms with Gasteiger partial charge in [0.2, 0.25) is 0 Å². The van der Waals surface area contributed by atoms with Crippen molar-refractivity contribution in [1.82, 2.24) is 14.9 Å². The van der Waals surface area contributed by atoms with Gasteiger partial charge in [0, 0.05) is 22.9 Å². The van der Waals surface area contributed by atoms with E-state index in [-0.39, 0.29) is 12.5 Å². The number of thiophene rings is 1. The summed E-state index contributed by atoms with van der Waals surface area (Å²) in [4.78, 5) is 13.9. The van der Waals surface area contributed by atoms with Gasteiger partial charge in [-0.2, -0.15) is 0 Å². The lowest BCUT2D eigenvalue weighted by Gasteiger charge is -2.33. The third-order valence-corrected chi connectivity index (χ3v) is 6.89. The zero-order valence-corrected chi connectivity index (χ0v) is 15.3. The van der Waals surface area contributed by atoms with E-state index in [0.717, 1.165) is 23.5 Å². The Bertz CT molecular complexity index is 721. The van der Waals surface area contributed by atoms with Crippen LogP contribution < -0.4 is 5.32 Å². The van der Waals surface area contributed by atoms with E-state index in [4.69, 9.17) is 0 Å². The molecule has 24 heavy (non-hydrogen) atoms. The van der Waals surface area contributed by atoms with Gasteiger partial charge in [-0.15, -0.1) is 11.3 Å². The van der Waals surface area contributed by atoms with E-state index in [1.165, 1.54) is 41.5 Å². The predicted molar refractivity (Wildman–Crippen MR) is 98.9 cm³/mol. The Kier molecular flexibility index (Phi) is 4.45. The zero-order valence-electron chi connectivity index (χ0n) is 14.5. The standard InChI is InChI=1S/C18H26N4OS/c1-22(2)13-6-4-12(5-7-13)21-17-16-15-11(9-23)3-8-14(15)24-18(16)20-10-19-17/h10-13,23H,3-9H2,1-2H3,(H,19,20,21)/t11-,12?,13?/m0/s1. The van der Waals surface area contributed by atoms with Crippen molar-refractivity contribution in [2.75, 3.05) is 26.0 Å². The SMILES string of the molecule is CN(C)C1CCC(Nc2ncnc3sc4c(c23)[C@H](CO)CC4)CC1. The van der Waals surface area contributed by atoms with Crippen LogP contribution >= 0.6 is 11.3 Å². The molecule has 2 aromatic heterocycles. The van der Waals surface area contributed by atoms with Crippen LogP contribution in [0.4, 0.5) is 5.82 Å². The van der Waals surface area contributed by atoms with Gasteiger partial charge in [0.05, 0.1) is 12.0 Å². The third kappa shape index (κ3) is 2.80. The fourth-order valence-corrected chi connectivity index (χ4v) is 5.53. The summed E-state index contributed by atoms with van der Waals surface area (Å²) in [6, 6.07) is 1.20. The predicted octanol–water partition coefficient (Wildman–Crippen LogP) is 3.00. The van der Waals surface area contributed by atoms with E-state index in [1.807, 2.05) is 0 Å². The zero-order chi connectivity index (χ0) is 16.7. The molecule has 0 bridgehead atoms. The summed E-state index contributed by atoms with van der Waals surface area (Å²) in [5.41, 5.74) is 1.31. The van der Waals surface area contributed by atoms with Crippen LogP contribution in [-0.4, -0.2) is 52.8 Å². The van der Waals surface area contributed by atoms with Crippen molar-refractivity contribution in [3.05, 3.63) is 16.8 Å². The Morgan fingerprint density at radius 3 is 2.71 bits per heavy atom. The Morgan fingerprint density at radius 2 is 2.00 bits per heavy atom. The van der Waals surface area contributed by atoms with Crippen molar-refractivity contribution >= 4 is 27.4 Å². The highest BCUT2D eigenvalue weighted by Gasteiger charge is 2.30. The van der Waals surface area contributed by atoms with Crippen LogP contribution in [0.5, 0.6) is 0 Å². The molecule has 6 heteroatoms. The van der Waals surface area contributed by atoms with E-state index in [9.17, 15) is 5.11 Å². The van der Waals surface area contributed by atoms with E-state index in [0.29, 0.717) is 12.1 Å². The summed E-state index contributed by atoms with van der Waals surface area (Å²) >= 11 is 1.78. The molecule has 1 saturated carbocycles. The lowest BCUT2D eigenvalue weighted by atomic mass is 9.90. The Morgan fingerprint density at radius 1 is 1.21 bits per heavy atom. The molecule has 5 nitrogen and oxygen atoms in total. The molecule has 0 aliphatic heterocycles. The molecule has 2 heterocycles. The fraction of sp³-hybridized carbons (Fsp3) is 0.667. The maximum Gasteiger partial charge on any atom is 0.138 e. The number of anilines is 1. The first kappa shape index (κ1) is 16.2. The van der Waals surface area contributed by atoms with Crippen molar-refractivity contribution in [2.45, 2.75) is 56.5 Å². The number of hydrogen-bond donors (Lipinski definition) is 2. The van der Waals surface area contributed by atoms with Crippen molar-refractivity contribution in [3.63, 3.8) is 0 Å². The number of aliphatic hydroxyl groups is 1. The number of aromatic nitrogens is 2. The van der Waals surface area contributed by atoms with Gasteiger partial charge in [-0.25, -0.2) is 9.97 Å². The normalized spacial score (nSPS) is 26.9. The molecule has 0 amide bonds. The summed E-state index contributed by atoms with van der Waals surface area (Å²) < 4.78 is 0. The van der Waals surface area contributed by atoms with Crippen LogP contribution in [-0.2, 0) is 6.42 Å². The van der Waals surface area contributed by atoms with Gasteiger partial charge in [-0.1, -0.05) is 0 Å². The summed E-state index contributed by atoms with van der Waals surface area (Å²) in [6.07, 6.45) is 8.63. The molecule has 0 saturated heterocycles. The molecular weight excluding hydrogens is 320 g/mol. The number of aliphatic hydroxyl groups excluding tert-OH is 1. The van der Waals surface area contributed by atoms with Gasteiger partial charge in [-0.3, -0.25) is 0 Å². The Labute approximate surface area is 147 Å². The first-order valence-electron chi connectivity index (χ1n) is 8.97. The number of aryl methyl sites for hydroxylation is 1. The summed E-state index contributed by atoms with van der Waals surface area (Å²) in [7, 11) is 4.35. The molecule has 130 valence electrons. The third-order valence-electron chi connectivity index (χ3n) is 5.72. The second kappa shape index (κ2) is 6.58. The van der Waals surface area contributed by atoms with Crippen molar-refractivity contribution < 1.29 is 5.11 Å². The number of fused-ring (bicyclic) bond motifs is 3. The highest BCUT2D eigenvalue weighted by molar-refractivity contribution is 7.19. The monoisotopic (exact) mass is 346 g/mol. The number of nitrogens with zero attached hydrogens (tertiary/aromatic N) is 3. The average Bonchev–Trinajstić information content (AvgIpc) is 3.14. The Balaban J connectivity index is 1.59. The first-order valence-corrected chi connectivity index (χ1v) is 9.79. The maximum absolute atomic E-state index is 9.72. The van der Waals surface area contributed by atoms with E-state index < -0.39 is 0 Å².